The van der Waals surface area contributed by atoms with Crippen molar-refractivity contribution < 1.29 is 4.42 Å². The van der Waals surface area contributed by atoms with E-state index in [0.717, 1.165) is 25.2 Å². The number of rotatable bonds is 6. The fourth-order valence-electron chi connectivity index (χ4n) is 1.25. The zero-order valence-corrected chi connectivity index (χ0v) is 8.55. The normalized spacial score (nSPS) is 15.8. The molecule has 1 saturated carbocycles. The Morgan fingerprint density at radius 2 is 2.43 bits per heavy atom. The molecule has 0 amide bonds. The standard InChI is InChI=1S/C10H17N3O/c1-2-5-11-6-9-7-14-10(13-9)12-8-3-4-8/h7-8,11H,2-6H2,1H3,(H,12,13). The van der Waals surface area contributed by atoms with Crippen LogP contribution in [0.15, 0.2) is 10.7 Å². The summed E-state index contributed by atoms with van der Waals surface area (Å²) in [6, 6.07) is 1.27. The van der Waals surface area contributed by atoms with E-state index in [1.165, 1.54) is 12.8 Å². The lowest BCUT2D eigenvalue weighted by Gasteiger charge is -1.97. The molecule has 1 aliphatic rings. The van der Waals surface area contributed by atoms with E-state index in [1.807, 2.05) is 0 Å². The smallest absolute Gasteiger partial charge is 0.294 e. The summed E-state index contributed by atoms with van der Waals surface area (Å²) in [5.41, 5.74) is 0.974. The fraction of sp³-hybridized carbons (Fsp3) is 0.700. The van der Waals surface area contributed by atoms with Crippen molar-refractivity contribution in [1.29, 1.82) is 0 Å². The Morgan fingerprint density at radius 3 is 3.14 bits per heavy atom. The maximum atomic E-state index is 5.28. The molecule has 1 aromatic rings. The number of hydrogen-bond acceptors (Lipinski definition) is 4. The van der Waals surface area contributed by atoms with Crippen LogP contribution in [0.3, 0.4) is 0 Å². The predicted molar refractivity (Wildman–Crippen MR) is 55.1 cm³/mol. The van der Waals surface area contributed by atoms with Crippen LogP contribution >= 0.6 is 0 Å². The number of oxazole rings is 1. The first kappa shape index (κ1) is 9.52. The van der Waals surface area contributed by atoms with Gasteiger partial charge in [0.05, 0.1) is 5.69 Å². The highest BCUT2D eigenvalue weighted by atomic mass is 16.4. The second-order valence-corrected chi connectivity index (χ2v) is 3.74. The SMILES string of the molecule is CCCNCc1coc(NC2CC2)n1. The van der Waals surface area contributed by atoms with Crippen LogP contribution in [-0.4, -0.2) is 17.6 Å². The maximum absolute atomic E-state index is 5.28. The molecule has 1 aromatic heterocycles. The minimum atomic E-state index is 0.602. The molecule has 14 heavy (non-hydrogen) atoms. The summed E-state index contributed by atoms with van der Waals surface area (Å²) in [4.78, 5) is 4.32. The second kappa shape index (κ2) is 4.46. The molecule has 0 unspecified atom stereocenters. The number of aromatic nitrogens is 1. The van der Waals surface area contributed by atoms with Crippen molar-refractivity contribution in [2.24, 2.45) is 0 Å². The lowest BCUT2D eigenvalue weighted by molar-refractivity contribution is 0.566. The molecule has 1 fully saturated rings. The van der Waals surface area contributed by atoms with Gasteiger partial charge in [0.2, 0.25) is 0 Å². The molecule has 0 spiro atoms. The Kier molecular flexibility index (Phi) is 3.03. The van der Waals surface area contributed by atoms with E-state index in [9.17, 15) is 0 Å². The van der Waals surface area contributed by atoms with E-state index in [1.54, 1.807) is 6.26 Å². The first-order chi connectivity index (χ1) is 6.88. The summed E-state index contributed by atoms with van der Waals surface area (Å²) in [6.07, 6.45) is 5.34. The van der Waals surface area contributed by atoms with Crippen molar-refractivity contribution in [1.82, 2.24) is 10.3 Å². The topological polar surface area (TPSA) is 50.1 Å². The van der Waals surface area contributed by atoms with Crippen molar-refractivity contribution in [3.05, 3.63) is 12.0 Å². The van der Waals surface area contributed by atoms with Crippen molar-refractivity contribution in [2.45, 2.75) is 38.8 Å². The predicted octanol–water partition coefficient (Wildman–Crippen LogP) is 1.75. The van der Waals surface area contributed by atoms with E-state index in [-0.39, 0.29) is 0 Å². The summed E-state index contributed by atoms with van der Waals surface area (Å²) in [7, 11) is 0. The first-order valence-corrected chi connectivity index (χ1v) is 5.30. The summed E-state index contributed by atoms with van der Waals surface area (Å²) in [5, 5.41) is 6.50. The Balaban J connectivity index is 1.76. The summed E-state index contributed by atoms with van der Waals surface area (Å²) in [6.45, 7) is 3.97. The van der Waals surface area contributed by atoms with Gasteiger partial charge < -0.3 is 15.1 Å². The quantitative estimate of drug-likeness (QED) is 0.679. The van der Waals surface area contributed by atoms with Crippen LogP contribution in [0.4, 0.5) is 6.01 Å². The van der Waals surface area contributed by atoms with E-state index < -0.39 is 0 Å². The largest absolute Gasteiger partial charge is 0.432 e. The molecule has 4 heteroatoms. The van der Waals surface area contributed by atoms with Crippen LogP contribution in [0.5, 0.6) is 0 Å². The Labute approximate surface area is 84.1 Å². The molecule has 2 rings (SSSR count). The number of nitrogens with one attached hydrogen (secondary N) is 2. The van der Waals surface area contributed by atoms with Crippen LogP contribution in [-0.2, 0) is 6.54 Å². The van der Waals surface area contributed by atoms with Gasteiger partial charge in [-0.1, -0.05) is 6.92 Å². The van der Waals surface area contributed by atoms with Crippen LogP contribution < -0.4 is 10.6 Å². The Bertz CT molecular complexity index is 281. The minimum Gasteiger partial charge on any atom is -0.432 e. The van der Waals surface area contributed by atoms with Crippen molar-refractivity contribution >= 4 is 6.01 Å². The summed E-state index contributed by atoms with van der Waals surface area (Å²) in [5.74, 6) is 0. The molecule has 0 radical (unpaired) electrons. The lowest BCUT2D eigenvalue weighted by atomic mass is 10.4. The van der Waals surface area contributed by atoms with E-state index in [2.05, 4.69) is 22.5 Å². The van der Waals surface area contributed by atoms with Gasteiger partial charge in [-0.25, -0.2) is 0 Å². The maximum Gasteiger partial charge on any atom is 0.294 e. The van der Waals surface area contributed by atoms with Gasteiger partial charge in [-0.3, -0.25) is 0 Å². The van der Waals surface area contributed by atoms with Gasteiger partial charge in [-0.05, 0) is 25.8 Å². The van der Waals surface area contributed by atoms with Crippen molar-refractivity contribution in [2.75, 3.05) is 11.9 Å². The lowest BCUT2D eigenvalue weighted by Crippen LogP contribution is -2.14. The van der Waals surface area contributed by atoms with Gasteiger partial charge in [0.25, 0.3) is 6.01 Å². The van der Waals surface area contributed by atoms with Gasteiger partial charge in [0, 0.05) is 12.6 Å². The highest BCUT2D eigenvalue weighted by Gasteiger charge is 2.22. The molecule has 1 heterocycles. The molecule has 0 atom stereocenters. The van der Waals surface area contributed by atoms with Crippen molar-refractivity contribution in [3.63, 3.8) is 0 Å². The van der Waals surface area contributed by atoms with E-state index in [0.29, 0.717) is 12.1 Å². The van der Waals surface area contributed by atoms with Crippen LogP contribution in [0.1, 0.15) is 31.9 Å². The zero-order valence-electron chi connectivity index (χ0n) is 8.55. The first-order valence-electron chi connectivity index (χ1n) is 5.30. The molecular formula is C10H17N3O. The highest BCUT2D eigenvalue weighted by molar-refractivity contribution is 5.25. The molecule has 78 valence electrons. The van der Waals surface area contributed by atoms with Crippen LogP contribution in [0, 0.1) is 0 Å². The number of anilines is 1. The molecule has 2 N–H and O–H groups in total. The van der Waals surface area contributed by atoms with E-state index >= 15 is 0 Å². The average Bonchev–Trinajstić information content (AvgIpc) is 2.87. The van der Waals surface area contributed by atoms with Gasteiger partial charge in [-0.15, -0.1) is 0 Å². The van der Waals surface area contributed by atoms with Gasteiger partial charge in [0.15, 0.2) is 0 Å². The van der Waals surface area contributed by atoms with E-state index in [4.69, 9.17) is 4.42 Å². The molecular weight excluding hydrogens is 178 g/mol. The molecule has 1 aliphatic carbocycles. The highest BCUT2D eigenvalue weighted by Crippen LogP contribution is 2.23. The average molecular weight is 195 g/mol. The third-order valence-corrected chi connectivity index (χ3v) is 2.19. The Hall–Kier alpha value is -1.03. The molecule has 4 nitrogen and oxygen atoms in total. The minimum absolute atomic E-state index is 0.602. The fourth-order valence-corrected chi connectivity index (χ4v) is 1.25. The molecule has 0 saturated heterocycles. The number of nitrogens with zero attached hydrogens (tertiary/aromatic N) is 1. The second-order valence-electron chi connectivity index (χ2n) is 3.74. The van der Waals surface area contributed by atoms with Gasteiger partial charge in [0.1, 0.15) is 6.26 Å². The van der Waals surface area contributed by atoms with Crippen molar-refractivity contribution in [3.8, 4) is 0 Å². The third kappa shape index (κ3) is 2.73. The number of hydrogen-bond donors (Lipinski definition) is 2. The van der Waals surface area contributed by atoms with Gasteiger partial charge in [-0.2, -0.15) is 4.98 Å². The zero-order chi connectivity index (χ0) is 9.80. The Morgan fingerprint density at radius 1 is 1.57 bits per heavy atom. The molecule has 0 aliphatic heterocycles. The van der Waals surface area contributed by atoms with Crippen LogP contribution in [0.25, 0.3) is 0 Å². The molecule has 0 bridgehead atoms. The van der Waals surface area contributed by atoms with Gasteiger partial charge >= 0.3 is 0 Å². The van der Waals surface area contributed by atoms with Crippen LogP contribution in [0.2, 0.25) is 0 Å². The summed E-state index contributed by atoms with van der Waals surface area (Å²) >= 11 is 0. The molecule has 0 aromatic carbocycles. The third-order valence-electron chi connectivity index (χ3n) is 2.19. The summed E-state index contributed by atoms with van der Waals surface area (Å²) < 4.78 is 5.28. The monoisotopic (exact) mass is 195 g/mol.